The summed E-state index contributed by atoms with van der Waals surface area (Å²) < 4.78 is 38.2. The Balaban J connectivity index is 0. The zero-order chi connectivity index (χ0) is 16.8. The summed E-state index contributed by atoms with van der Waals surface area (Å²) in [6.07, 6.45) is 8.66. The average Bonchev–Trinajstić information content (AvgIpc) is 2.42. The van der Waals surface area contributed by atoms with E-state index >= 15 is 0 Å². The van der Waals surface area contributed by atoms with Crippen molar-refractivity contribution in [3.8, 4) is 0 Å². The van der Waals surface area contributed by atoms with Crippen molar-refractivity contribution in [2.45, 2.75) is 70.8 Å². The molecule has 0 aromatic carbocycles. The molecule has 7 nitrogen and oxygen atoms in total. The Morgan fingerprint density at radius 3 is 2.04 bits per heavy atom. The number of unbranched alkanes of at least 4 members (excludes halogenated alkanes) is 7. The molecule has 0 radical (unpaired) electrons. The minimum absolute atomic E-state index is 0. The van der Waals surface area contributed by atoms with Crippen LogP contribution in [0.1, 0.15) is 64.7 Å². The smallest absolute Gasteiger partial charge is 0.666 e. The molecular weight excluding hydrogens is 333 g/mol. The Labute approximate surface area is 161 Å². The molecule has 9 heteroatoms. The molecule has 1 unspecified atom stereocenters. The fourth-order valence-corrected chi connectivity index (χ4v) is 2.36. The van der Waals surface area contributed by atoms with Gasteiger partial charge < -0.3 is 15.3 Å². The molecular formula is C14H28NNaO6S. The van der Waals surface area contributed by atoms with Gasteiger partial charge in [0.25, 0.3) is 0 Å². The van der Waals surface area contributed by atoms with Crippen molar-refractivity contribution in [1.29, 1.82) is 0 Å². The van der Waals surface area contributed by atoms with Gasteiger partial charge in [0.15, 0.2) is 0 Å². The first-order chi connectivity index (χ1) is 10.4. The predicted octanol–water partition coefficient (Wildman–Crippen LogP) is 0.305. The zero-order valence-corrected chi connectivity index (χ0v) is 17.1. The Morgan fingerprint density at radius 2 is 1.57 bits per heavy atom. The zero-order valence-electron chi connectivity index (χ0n) is 14.3. The first kappa shape index (κ1) is 25.5. The van der Waals surface area contributed by atoms with E-state index in [1.54, 1.807) is 0 Å². The maximum atomic E-state index is 11.1. The van der Waals surface area contributed by atoms with Crippen molar-refractivity contribution in [2.24, 2.45) is 0 Å². The van der Waals surface area contributed by atoms with Crippen molar-refractivity contribution in [3.63, 3.8) is 0 Å². The van der Waals surface area contributed by atoms with E-state index in [2.05, 4.69) is 11.1 Å². The van der Waals surface area contributed by atoms with E-state index in [0.29, 0.717) is 6.42 Å². The van der Waals surface area contributed by atoms with E-state index in [1.165, 1.54) is 32.1 Å². The predicted molar refractivity (Wildman–Crippen MR) is 83.8 cm³/mol. The number of carbonyl (C=O) groups excluding carboxylic acids is 1. The Morgan fingerprint density at radius 1 is 1.04 bits per heavy atom. The first-order valence-corrected chi connectivity index (χ1v) is 9.22. The number of hydrogen-bond donors (Lipinski definition) is 1. The summed E-state index contributed by atoms with van der Waals surface area (Å²) in [6, 6.07) is 0. The topological polar surface area (TPSA) is 114 Å². The summed E-state index contributed by atoms with van der Waals surface area (Å²) in [4.78, 5) is 11.1. The molecule has 0 aliphatic rings. The maximum absolute atomic E-state index is 11.1. The monoisotopic (exact) mass is 361 g/mol. The number of rotatable bonds is 15. The minimum Gasteiger partial charge on any atom is -0.666 e. The molecule has 1 amide bonds. The number of carbonyl (C=O) groups is 1. The summed E-state index contributed by atoms with van der Waals surface area (Å²) in [5.41, 5.74) is 7.11. The van der Waals surface area contributed by atoms with Crippen LogP contribution in [0.5, 0.6) is 0 Å². The van der Waals surface area contributed by atoms with Gasteiger partial charge in [-0.2, -0.15) is 8.42 Å². The van der Waals surface area contributed by atoms with Crippen LogP contribution in [0.25, 0.3) is 5.73 Å². The van der Waals surface area contributed by atoms with Crippen LogP contribution in [0, 0.1) is 0 Å². The molecule has 0 aliphatic heterocycles. The molecule has 0 saturated carbocycles. The van der Waals surface area contributed by atoms with Gasteiger partial charge in [-0.15, -0.1) is 0 Å². The average molecular weight is 361 g/mol. The van der Waals surface area contributed by atoms with Crippen LogP contribution in [0.4, 0.5) is 0 Å². The third-order valence-electron chi connectivity index (χ3n) is 3.25. The second-order valence-electron chi connectivity index (χ2n) is 5.24. The third-order valence-corrected chi connectivity index (χ3v) is 3.71. The second-order valence-corrected chi connectivity index (χ2v) is 6.33. The van der Waals surface area contributed by atoms with E-state index in [9.17, 15) is 13.2 Å². The van der Waals surface area contributed by atoms with Gasteiger partial charge in [-0.3, -0.25) is 4.55 Å². The van der Waals surface area contributed by atoms with Crippen molar-refractivity contribution in [3.05, 3.63) is 5.73 Å². The second kappa shape index (κ2) is 15.8. The largest absolute Gasteiger partial charge is 1.00 e. The van der Waals surface area contributed by atoms with Crippen LogP contribution in [-0.4, -0.2) is 38.2 Å². The van der Waals surface area contributed by atoms with E-state index in [1.807, 2.05) is 0 Å². The van der Waals surface area contributed by atoms with Crippen molar-refractivity contribution < 1.29 is 56.2 Å². The number of amides is 1. The number of ether oxygens (including phenoxy) is 1. The maximum Gasteiger partial charge on any atom is 1.00 e. The fraction of sp³-hybridized carbons (Fsp3) is 0.929. The summed E-state index contributed by atoms with van der Waals surface area (Å²) in [5.74, 6) is -0.824. The van der Waals surface area contributed by atoms with Gasteiger partial charge in [0.05, 0.1) is 25.2 Å². The van der Waals surface area contributed by atoms with Crippen molar-refractivity contribution in [2.75, 3.05) is 13.2 Å². The van der Waals surface area contributed by atoms with E-state index < -0.39 is 22.4 Å². The quantitative estimate of drug-likeness (QED) is 0.255. The van der Waals surface area contributed by atoms with Crippen molar-refractivity contribution >= 4 is 16.3 Å². The van der Waals surface area contributed by atoms with Gasteiger partial charge in [0, 0.05) is 0 Å². The van der Waals surface area contributed by atoms with Crippen LogP contribution in [0.15, 0.2) is 0 Å². The number of hydrogen-bond acceptors (Lipinski definition) is 5. The molecule has 0 aromatic rings. The Hall–Kier alpha value is 0.300. The molecule has 0 fully saturated rings. The molecule has 0 saturated heterocycles. The molecule has 23 heavy (non-hydrogen) atoms. The molecule has 0 bridgehead atoms. The summed E-state index contributed by atoms with van der Waals surface area (Å²) in [5, 5.41) is 0. The molecule has 2 N–H and O–H groups in total. The third kappa shape index (κ3) is 18.5. The van der Waals surface area contributed by atoms with E-state index in [-0.39, 0.29) is 42.8 Å². The molecule has 0 aliphatic carbocycles. The van der Waals surface area contributed by atoms with Crippen LogP contribution < -0.4 is 29.6 Å². The van der Waals surface area contributed by atoms with Gasteiger partial charge in [0.2, 0.25) is 0 Å². The molecule has 0 heterocycles. The summed E-state index contributed by atoms with van der Waals surface area (Å²) in [6.45, 7) is 1.64. The van der Waals surface area contributed by atoms with Gasteiger partial charge in [-0.25, -0.2) is 4.18 Å². The van der Waals surface area contributed by atoms with E-state index in [0.717, 1.165) is 19.3 Å². The molecule has 1 atom stereocenters. The SMILES string of the molecule is CCCCCCCCCCC(OCCOS(=O)(=O)O)C([NH-])=O.[Na+]. The van der Waals surface area contributed by atoms with Gasteiger partial charge in [-0.05, 0) is 6.42 Å². The standard InChI is InChI=1S/C14H29NO6S.Na/c1-2-3-4-5-6-7-8-9-10-13(14(15)16)20-11-12-21-22(17,18)19;/h13H,2-12H2,1H3,(H3,15,16,17,18,19);/q;+1/p-1. The van der Waals surface area contributed by atoms with Crippen LogP contribution in [0.2, 0.25) is 0 Å². The fourth-order valence-electron chi connectivity index (χ4n) is 2.08. The molecule has 132 valence electrons. The van der Waals surface area contributed by atoms with Gasteiger partial charge in [0.1, 0.15) is 0 Å². The molecule has 0 rings (SSSR count). The van der Waals surface area contributed by atoms with Gasteiger partial charge >= 0.3 is 40.0 Å². The van der Waals surface area contributed by atoms with Crippen LogP contribution in [-0.2, 0) is 24.1 Å². The Bertz CT molecular complexity index is 391. The summed E-state index contributed by atoms with van der Waals surface area (Å²) in [7, 11) is -4.49. The Kier molecular flexibility index (Phi) is 17.6. The summed E-state index contributed by atoms with van der Waals surface area (Å²) >= 11 is 0. The van der Waals surface area contributed by atoms with Crippen molar-refractivity contribution in [1.82, 2.24) is 0 Å². The van der Waals surface area contributed by atoms with Crippen LogP contribution >= 0.6 is 0 Å². The van der Waals surface area contributed by atoms with E-state index in [4.69, 9.17) is 15.0 Å². The number of nitrogens with one attached hydrogen (secondary N) is 1. The molecule has 0 aromatic heterocycles. The normalized spacial score (nSPS) is 12.6. The first-order valence-electron chi connectivity index (χ1n) is 7.85. The minimum atomic E-state index is -4.49. The van der Waals surface area contributed by atoms with Crippen LogP contribution in [0.3, 0.4) is 0 Å². The van der Waals surface area contributed by atoms with Gasteiger partial charge in [-0.1, -0.05) is 58.3 Å². The molecule has 0 spiro atoms.